The van der Waals surface area contributed by atoms with E-state index in [2.05, 4.69) is 47.7 Å². The molecule has 4 aromatic carbocycles. The first-order chi connectivity index (χ1) is 20.6. The van der Waals surface area contributed by atoms with Crippen molar-refractivity contribution in [1.29, 1.82) is 0 Å². The van der Waals surface area contributed by atoms with Crippen molar-refractivity contribution in [2.45, 2.75) is 44.7 Å². The normalized spacial score (nSPS) is 15.8. The molecule has 5 nitrogen and oxygen atoms in total. The Morgan fingerprint density at radius 2 is 1.62 bits per heavy atom. The van der Waals surface area contributed by atoms with Crippen molar-refractivity contribution in [3.05, 3.63) is 103 Å². The minimum absolute atomic E-state index is 0.00947. The summed E-state index contributed by atoms with van der Waals surface area (Å²) < 4.78 is 3.37. The zero-order valence-corrected chi connectivity index (χ0v) is 24.0. The van der Waals surface area contributed by atoms with Crippen LogP contribution in [0.25, 0.3) is 53.6 Å². The van der Waals surface area contributed by atoms with Gasteiger partial charge in [0.05, 0.1) is 10.2 Å². The SMILES string of the molecule is C=CCn1cc(-c2nc3ccccc3s2)c2cc(-c3ccc4c5c(cccc35)C(=O)N(C3CCCCC3)C4=O)ccc21. The number of rotatable bonds is 5. The van der Waals surface area contributed by atoms with Gasteiger partial charge >= 0.3 is 0 Å². The zero-order chi connectivity index (χ0) is 28.4. The van der Waals surface area contributed by atoms with Crippen molar-refractivity contribution in [1.82, 2.24) is 14.5 Å². The highest BCUT2D eigenvalue weighted by atomic mass is 32.1. The minimum Gasteiger partial charge on any atom is -0.343 e. The second-order valence-corrected chi connectivity index (χ2v) is 12.4. The van der Waals surface area contributed by atoms with Gasteiger partial charge in [0.1, 0.15) is 5.01 Å². The maximum atomic E-state index is 13.8. The van der Waals surface area contributed by atoms with Gasteiger partial charge in [0, 0.05) is 51.8 Å². The third-order valence-electron chi connectivity index (χ3n) is 8.92. The lowest BCUT2D eigenvalue weighted by molar-refractivity contribution is 0.0503. The van der Waals surface area contributed by atoms with Crippen molar-refractivity contribution in [3.8, 4) is 21.7 Å². The fraction of sp³-hybridized carbons (Fsp3) is 0.194. The Bertz CT molecular complexity index is 2020. The van der Waals surface area contributed by atoms with Gasteiger partial charge < -0.3 is 4.57 Å². The standard InChI is InChI=1S/C36H29N3O2S/c1-2-19-38-21-29(34-37-30-13-6-7-14-32(30)42-34)28-20-22(15-18-31(28)38)24-16-17-27-33-25(24)11-8-12-26(33)35(40)39(36(27)41)23-9-4-3-5-10-23/h2,6-8,11-18,20-21,23H,1,3-5,9-10,19H2. The number of benzene rings is 4. The number of nitrogens with zero attached hydrogens (tertiary/aromatic N) is 3. The number of hydrogen-bond acceptors (Lipinski definition) is 4. The summed E-state index contributed by atoms with van der Waals surface area (Å²) in [6.45, 7) is 4.66. The highest BCUT2D eigenvalue weighted by molar-refractivity contribution is 7.21. The number of para-hydroxylation sites is 1. The van der Waals surface area contributed by atoms with E-state index in [0.29, 0.717) is 17.7 Å². The summed E-state index contributed by atoms with van der Waals surface area (Å²) in [7, 11) is 0. The quantitative estimate of drug-likeness (QED) is 0.154. The third-order valence-corrected chi connectivity index (χ3v) is 9.99. The summed E-state index contributed by atoms with van der Waals surface area (Å²) in [6, 6.07) is 24.6. The van der Waals surface area contributed by atoms with Crippen molar-refractivity contribution < 1.29 is 9.59 Å². The predicted molar refractivity (Wildman–Crippen MR) is 171 cm³/mol. The minimum atomic E-state index is -0.155. The molecular weight excluding hydrogens is 538 g/mol. The van der Waals surface area contributed by atoms with Gasteiger partial charge in [-0.15, -0.1) is 17.9 Å². The first kappa shape index (κ1) is 25.2. The van der Waals surface area contributed by atoms with Crippen molar-refractivity contribution in [2.75, 3.05) is 0 Å². The summed E-state index contributed by atoms with van der Waals surface area (Å²) >= 11 is 1.70. The number of allylic oxidation sites excluding steroid dienone is 1. The van der Waals surface area contributed by atoms with Crippen molar-refractivity contribution in [2.24, 2.45) is 0 Å². The molecule has 8 rings (SSSR count). The van der Waals surface area contributed by atoms with Crippen LogP contribution in [0.2, 0.25) is 0 Å². The Morgan fingerprint density at radius 1 is 0.833 bits per heavy atom. The van der Waals surface area contributed by atoms with Crippen LogP contribution in [0, 0.1) is 0 Å². The molecule has 2 amide bonds. The Morgan fingerprint density at radius 3 is 2.43 bits per heavy atom. The van der Waals surface area contributed by atoms with E-state index in [9.17, 15) is 9.59 Å². The molecule has 0 bridgehead atoms. The Balaban J connectivity index is 1.29. The van der Waals surface area contributed by atoms with Crippen LogP contribution >= 0.6 is 11.3 Å². The maximum Gasteiger partial charge on any atom is 0.261 e. The van der Waals surface area contributed by atoms with Crippen LogP contribution in [0.15, 0.2) is 91.6 Å². The van der Waals surface area contributed by atoms with Gasteiger partial charge in [-0.25, -0.2) is 4.98 Å². The summed E-state index contributed by atoms with van der Waals surface area (Å²) in [5.41, 5.74) is 6.51. The van der Waals surface area contributed by atoms with E-state index in [1.54, 1.807) is 16.2 Å². The number of hydrogen-bond donors (Lipinski definition) is 0. The molecule has 3 heterocycles. The van der Waals surface area contributed by atoms with Crippen LogP contribution in [0.3, 0.4) is 0 Å². The van der Waals surface area contributed by atoms with Crippen molar-refractivity contribution >= 4 is 55.0 Å². The maximum absolute atomic E-state index is 13.8. The molecule has 0 saturated heterocycles. The summed E-state index contributed by atoms with van der Waals surface area (Å²) in [5, 5.41) is 3.80. The molecule has 6 heteroatoms. The number of imide groups is 1. The lowest BCUT2D eigenvalue weighted by atomic mass is 9.86. The van der Waals surface area contributed by atoms with Gasteiger partial charge in [-0.3, -0.25) is 14.5 Å². The fourth-order valence-electron chi connectivity index (χ4n) is 6.95. The van der Waals surface area contributed by atoms with Crippen LogP contribution in [-0.4, -0.2) is 32.3 Å². The van der Waals surface area contributed by atoms with Crippen LogP contribution in [0.5, 0.6) is 0 Å². The smallest absolute Gasteiger partial charge is 0.261 e. The monoisotopic (exact) mass is 567 g/mol. The second kappa shape index (κ2) is 9.78. The van der Waals surface area contributed by atoms with E-state index in [1.165, 1.54) is 6.42 Å². The van der Waals surface area contributed by atoms with Gasteiger partial charge in [-0.2, -0.15) is 0 Å². The van der Waals surface area contributed by atoms with Crippen LogP contribution in [0.4, 0.5) is 0 Å². The molecule has 0 N–H and O–H groups in total. The molecule has 2 aromatic heterocycles. The molecule has 42 heavy (non-hydrogen) atoms. The average Bonchev–Trinajstić information content (AvgIpc) is 3.61. The molecule has 1 saturated carbocycles. The molecule has 1 aliphatic carbocycles. The largest absolute Gasteiger partial charge is 0.343 e. The first-order valence-corrected chi connectivity index (χ1v) is 15.5. The molecule has 206 valence electrons. The third kappa shape index (κ3) is 3.78. The topological polar surface area (TPSA) is 55.2 Å². The average molecular weight is 568 g/mol. The molecule has 0 unspecified atom stereocenters. The van der Waals surface area contributed by atoms with Gasteiger partial charge in [0.2, 0.25) is 0 Å². The number of amides is 2. The highest BCUT2D eigenvalue weighted by Gasteiger charge is 2.38. The van der Waals surface area contributed by atoms with E-state index in [1.807, 2.05) is 48.5 Å². The zero-order valence-electron chi connectivity index (χ0n) is 23.2. The first-order valence-electron chi connectivity index (χ1n) is 14.7. The van der Waals surface area contributed by atoms with E-state index in [4.69, 9.17) is 4.98 Å². The van der Waals surface area contributed by atoms with Gasteiger partial charge in [-0.05, 0) is 65.8 Å². The molecule has 1 fully saturated rings. The number of carbonyl (C=O) groups excluding carboxylic acids is 2. The lowest BCUT2D eigenvalue weighted by Gasteiger charge is -2.36. The lowest BCUT2D eigenvalue weighted by Crippen LogP contribution is -2.47. The fourth-order valence-corrected chi connectivity index (χ4v) is 7.94. The molecule has 0 atom stereocenters. The Hall–Kier alpha value is -4.55. The Labute approximate surface area is 247 Å². The second-order valence-electron chi connectivity index (χ2n) is 11.4. The number of aromatic nitrogens is 2. The van der Waals surface area contributed by atoms with Crippen LogP contribution < -0.4 is 0 Å². The number of fused-ring (bicyclic) bond motifs is 2. The van der Waals surface area contributed by atoms with E-state index < -0.39 is 0 Å². The molecule has 2 aliphatic rings. The van der Waals surface area contributed by atoms with Crippen LogP contribution in [0.1, 0.15) is 52.8 Å². The van der Waals surface area contributed by atoms with Crippen molar-refractivity contribution in [3.63, 3.8) is 0 Å². The van der Waals surface area contributed by atoms with Gasteiger partial charge in [0.15, 0.2) is 0 Å². The number of thiazole rings is 1. The molecule has 6 aromatic rings. The molecule has 0 spiro atoms. The Kier molecular flexibility index (Phi) is 5.86. The highest BCUT2D eigenvalue weighted by Crippen LogP contribution is 2.41. The van der Waals surface area contributed by atoms with Crippen LogP contribution in [-0.2, 0) is 6.54 Å². The van der Waals surface area contributed by atoms with E-state index in [0.717, 1.165) is 79.3 Å². The molecule has 0 radical (unpaired) electrons. The predicted octanol–water partition coefficient (Wildman–Crippen LogP) is 8.85. The molecular formula is C36H29N3O2S. The summed E-state index contributed by atoms with van der Waals surface area (Å²) in [4.78, 5) is 34.0. The number of carbonyl (C=O) groups is 2. The summed E-state index contributed by atoms with van der Waals surface area (Å²) in [6.07, 6.45) is 9.16. The van der Waals surface area contributed by atoms with Gasteiger partial charge in [-0.1, -0.05) is 61.7 Å². The van der Waals surface area contributed by atoms with E-state index in [-0.39, 0.29) is 17.9 Å². The summed E-state index contributed by atoms with van der Waals surface area (Å²) in [5.74, 6) is -0.311. The molecule has 1 aliphatic heterocycles. The van der Waals surface area contributed by atoms with Gasteiger partial charge in [0.25, 0.3) is 11.8 Å². The van der Waals surface area contributed by atoms with E-state index >= 15 is 0 Å².